The number of hydrogen-bond acceptors (Lipinski definition) is 4. The number of anilines is 1. The standard InChI is InChI=1S/C13H11N3O2.C3H6O2/c1-7(17)15-8-2-3-11-10(6-8)9-4-5-14-12(9)13(18)16-11;1-2-3(4)5/h2-6,14H,1H3,(H,15,17)(H,16,18);2H2,1H3,(H,4,5)/p-1. The quantitative estimate of drug-likeness (QED) is 0.656. The fraction of sp³-hybridized carbons (Fsp3) is 0.188. The molecule has 3 rings (SSSR count). The summed E-state index contributed by atoms with van der Waals surface area (Å²) in [6.07, 6.45) is 1.84. The molecule has 0 fully saturated rings. The predicted molar refractivity (Wildman–Crippen MR) is 86.0 cm³/mol. The lowest BCUT2D eigenvalue weighted by Crippen LogP contribution is -2.19. The summed E-state index contributed by atoms with van der Waals surface area (Å²) in [5.74, 6) is -1.12. The van der Waals surface area contributed by atoms with Crippen molar-refractivity contribution in [2.24, 2.45) is 0 Å². The van der Waals surface area contributed by atoms with E-state index in [1.54, 1.807) is 18.3 Å². The van der Waals surface area contributed by atoms with Crippen molar-refractivity contribution in [2.75, 3.05) is 5.32 Å². The molecule has 3 aromatic rings. The molecule has 2 aromatic heterocycles. The molecular formula is C16H16N3O4-. The molecule has 0 bridgehead atoms. The van der Waals surface area contributed by atoms with Crippen LogP contribution in [0.3, 0.4) is 0 Å². The smallest absolute Gasteiger partial charge is 0.272 e. The number of hydrogen-bond donors (Lipinski definition) is 3. The molecule has 0 spiro atoms. The van der Waals surface area contributed by atoms with Crippen molar-refractivity contribution in [3.8, 4) is 0 Å². The first-order chi connectivity index (χ1) is 10.9. The van der Waals surface area contributed by atoms with Gasteiger partial charge in [-0.05, 0) is 30.7 Å². The van der Waals surface area contributed by atoms with Gasteiger partial charge in [0, 0.05) is 41.1 Å². The Morgan fingerprint density at radius 3 is 2.52 bits per heavy atom. The molecule has 0 aliphatic rings. The van der Waals surface area contributed by atoms with Gasteiger partial charge in [0.1, 0.15) is 5.52 Å². The number of amides is 1. The summed E-state index contributed by atoms with van der Waals surface area (Å²) in [4.78, 5) is 37.8. The lowest BCUT2D eigenvalue weighted by molar-refractivity contribution is -0.305. The SMILES string of the molecule is CC(=O)Nc1ccc2[nH]c(=O)c3[nH]ccc3c2c1.CCC(=O)[O-]. The van der Waals surface area contributed by atoms with E-state index in [0.29, 0.717) is 11.2 Å². The van der Waals surface area contributed by atoms with E-state index in [4.69, 9.17) is 0 Å². The minimum Gasteiger partial charge on any atom is -0.550 e. The first kappa shape index (κ1) is 16.3. The van der Waals surface area contributed by atoms with Gasteiger partial charge in [-0.25, -0.2) is 0 Å². The van der Waals surface area contributed by atoms with Crippen LogP contribution in [0.4, 0.5) is 5.69 Å². The van der Waals surface area contributed by atoms with E-state index in [2.05, 4.69) is 15.3 Å². The molecule has 3 N–H and O–H groups in total. The molecule has 0 unspecified atom stereocenters. The van der Waals surface area contributed by atoms with Gasteiger partial charge < -0.3 is 25.2 Å². The van der Waals surface area contributed by atoms with Gasteiger partial charge in [-0.3, -0.25) is 9.59 Å². The molecule has 120 valence electrons. The van der Waals surface area contributed by atoms with E-state index in [-0.39, 0.29) is 17.9 Å². The van der Waals surface area contributed by atoms with E-state index in [0.717, 1.165) is 16.3 Å². The largest absolute Gasteiger partial charge is 0.550 e. The van der Waals surface area contributed by atoms with Gasteiger partial charge in [-0.2, -0.15) is 0 Å². The number of rotatable bonds is 2. The van der Waals surface area contributed by atoms with E-state index in [1.165, 1.54) is 13.8 Å². The molecule has 0 radical (unpaired) electrons. The first-order valence-electron chi connectivity index (χ1n) is 7.03. The molecule has 0 aliphatic heterocycles. The normalized spacial score (nSPS) is 10.2. The molecule has 0 atom stereocenters. The van der Waals surface area contributed by atoms with Gasteiger partial charge in [-0.15, -0.1) is 0 Å². The second-order valence-corrected chi connectivity index (χ2v) is 4.89. The Morgan fingerprint density at radius 1 is 1.22 bits per heavy atom. The second kappa shape index (κ2) is 6.78. The molecule has 0 aliphatic carbocycles. The van der Waals surface area contributed by atoms with E-state index >= 15 is 0 Å². The molecule has 7 nitrogen and oxygen atoms in total. The Hall–Kier alpha value is -3.09. The molecular weight excluding hydrogens is 298 g/mol. The summed E-state index contributed by atoms with van der Waals surface area (Å²) in [6, 6.07) is 7.25. The number of aromatic nitrogens is 2. The molecule has 0 saturated heterocycles. The Bertz CT molecular complexity index is 924. The third-order valence-electron chi connectivity index (χ3n) is 3.14. The van der Waals surface area contributed by atoms with Gasteiger partial charge in [0.05, 0.1) is 0 Å². The fourth-order valence-corrected chi connectivity index (χ4v) is 2.12. The van der Waals surface area contributed by atoms with Crippen molar-refractivity contribution < 1.29 is 14.7 Å². The van der Waals surface area contributed by atoms with Crippen LogP contribution in [0.15, 0.2) is 35.3 Å². The van der Waals surface area contributed by atoms with E-state index < -0.39 is 5.97 Å². The van der Waals surface area contributed by atoms with Gasteiger partial charge in [0.15, 0.2) is 0 Å². The highest BCUT2D eigenvalue weighted by atomic mass is 16.4. The predicted octanol–water partition coefficient (Wildman–Crippen LogP) is 1.11. The maximum atomic E-state index is 11.8. The molecule has 2 heterocycles. The van der Waals surface area contributed by atoms with Crippen LogP contribution in [0, 0.1) is 0 Å². The summed E-state index contributed by atoms with van der Waals surface area (Å²) in [6.45, 7) is 3.00. The summed E-state index contributed by atoms with van der Waals surface area (Å²) >= 11 is 0. The lowest BCUT2D eigenvalue weighted by atomic mass is 10.1. The summed E-state index contributed by atoms with van der Waals surface area (Å²) in [5.41, 5.74) is 1.86. The zero-order valence-corrected chi connectivity index (χ0v) is 12.7. The number of benzene rings is 1. The number of H-pyrrole nitrogens is 2. The van der Waals surface area contributed by atoms with Gasteiger partial charge in [0.2, 0.25) is 5.91 Å². The summed E-state index contributed by atoms with van der Waals surface area (Å²) in [7, 11) is 0. The number of carboxylic acid groups (broad SMARTS) is 1. The number of nitrogens with one attached hydrogen (secondary N) is 3. The zero-order chi connectivity index (χ0) is 17.0. The van der Waals surface area contributed by atoms with Crippen LogP contribution in [0.25, 0.3) is 21.8 Å². The molecule has 7 heteroatoms. The van der Waals surface area contributed by atoms with Crippen molar-refractivity contribution in [3.63, 3.8) is 0 Å². The Balaban J connectivity index is 0.000000338. The summed E-state index contributed by atoms with van der Waals surface area (Å²) < 4.78 is 0. The van der Waals surface area contributed by atoms with Crippen molar-refractivity contribution in [1.29, 1.82) is 0 Å². The molecule has 1 aromatic carbocycles. The topological polar surface area (TPSA) is 118 Å². The first-order valence-corrected chi connectivity index (χ1v) is 7.03. The highest BCUT2D eigenvalue weighted by Gasteiger charge is 2.06. The molecule has 1 amide bonds. The number of carbonyl (C=O) groups excluding carboxylic acids is 2. The van der Waals surface area contributed by atoms with Crippen LogP contribution >= 0.6 is 0 Å². The number of fused-ring (bicyclic) bond motifs is 3. The highest BCUT2D eigenvalue weighted by molar-refractivity contribution is 6.06. The highest BCUT2D eigenvalue weighted by Crippen LogP contribution is 2.23. The monoisotopic (exact) mass is 314 g/mol. The van der Waals surface area contributed by atoms with Gasteiger partial charge >= 0.3 is 0 Å². The Morgan fingerprint density at radius 2 is 1.91 bits per heavy atom. The summed E-state index contributed by atoms with van der Waals surface area (Å²) in [5, 5.41) is 13.7. The van der Waals surface area contributed by atoms with Crippen molar-refractivity contribution >= 4 is 39.4 Å². The fourth-order valence-electron chi connectivity index (χ4n) is 2.12. The zero-order valence-electron chi connectivity index (χ0n) is 12.7. The third-order valence-corrected chi connectivity index (χ3v) is 3.14. The lowest BCUT2D eigenvalue weighted by Gasteiger charge is -2.05. The average molecular weight is 314 g/mol. The van der Waals surface area contributed by atoms with Crippen molar-refractivity contribution in [3.05, 3.63) is 40.8 Å². The Labute approximate surface area is 131 Å². The minimum absolute atomic E-state index is 0.111. The molecule has 0 saturated carbocycles. The third kappa shape index (κ3) is 3.76. The maximum absolute atomic E-state index is 11.8. The van der Waals surface area contributed by atoms with Gasteiger partial charge in [0.25, 0.3) is 5.56 Å². The average Bonchev–Trinajstić information content (AvgIpc) is 2.98. The van der Waals surface area contributed by atoms with Crippen LogP contribution in [-0.4, -0.2) is 21.8 Å². The number of aromatic amines is 2. The van der Waals surface area contributed by atoms with Crippen LogP contribution in [-0.2, 0) is 9.59 Å². The Kier molecular flexibility index (Phi) is 4.80. The van der Waals surface area contributed by atoms with Crippen LogP contribution in [0.2, 0.25) is 0 Å². The van der Waals surface area contributed by atoms with Crippen molar-refractivity contribution in [2.45, 2.75) is 20.3 Å². The van der Waals surface area contributed by atoms with Crippen LogP contribution in [0.1, 0.15) is 20.3 Å². The van der Waals surface area contributed by atoms with Crippen molar-refractivity contribution in [1.82, 2.24) is 9.97 Å². The number of pyridine rings is 1. The number of aliphatic carboxylic acids is 1. The molecule has 23 heavy (non-hydrogen) atoms. The number of carbonyl (C=O) groups is 2. The van der Waals surface area contributed by atoms with Crippen LogP contribution < -0.4 is 16.0 Å². The van der Waals surface area contributed by atoms with E-state index in [1.807, 2.05) is 12.1 Å². The second-order valence-electron chi connectivity index (χ2n) is 4.89. The maximum Gasteiger partial charge on any atom is 0.272 e. The minimum atomic E-state index is -0.995. The van der Waals surface area contributed by atoms with Crippen LogP contribution in [0.5, 0.6) is 0 Å². The van der Waals surface area contributed by atoms with Gasteiger partial charge in [-0.1, -0.05) is 6.92 Å². The van der Waals surface area contributed by atoms with E-state index in [9.17, 15) is 19.5 Å². The number of carboxylic acids is 1.